The van der Waals surface area contributed by atoms with E-state index >= 15 is 0 Å². The topological polar surface area (TPSA) is 91.1 Å². The Morgan fingerprint density at radius 1 is 0.971 bits per heavy atom. The Morgan fingerprint density at radius 2 is 1.65 bits per heavy atom. The highest BCUT2D eigenvalue weighted by Crippen LogP contribution is 2.45. The maximum Gasteiger partial charge on any atom is 0.226 e. The van der Waals surface area contributed by atoms with E-state index in [1.807, 2.05) is 0 Å². The summed E-state index contributed by atoms with van der Waals surface area (Å²) < 4.78 is 42.0. The monoisotopic (exact) mass is 469 g/mol. The van der Waals surface area contributed by atoms with Gasteiger partial charge in [-0.05, 0) is 66.1 Å². The summed E-state index contributed by atoms with van der Waals surface area (Å²) in [6, 6.07) is 7.75. The molecule has 1 saturated heterocycles. The molecule has 2 fully saturated rings. The Kier molecular flexibility index (Phi) is 5.63. The molecule has 1 saturated carbocycles. The van der Waals surface area contributed by atoms with E-state index in [9.17, 15) is 27.6 Å². The van der Waals surface area contributed by atoms with E-state index in [0.717, 1.165) is 11.6 Å². The number of hydrogen-bond donors (Lipinski definition) is 3. The van der Waals surface area contributed by atoms with Crippen molar-refractivity contribution in [2.75, 3.05) is 0 Å². The molecule has 0 radical (unpaired) electrons. The molecule has 5 rings (SSSR count). The minimum atomic E-state index is -0.708. The van der Waals surface area contributed by atoms with Gasteiger partial charge in [-0.25, -0.2) is 13.2 Å². The SMILES string of the molecule is O=C1CC(CC(=O)NC2CC(c3c(-c4ccc(F)cc4)[nH]c4c(F)cc(F)cc34)C2)CC(=O)N1. The fraction of sp³-hybridized carbons (Fsp3) is 0.320. The van der Waals surface area contributed by atoms with Gasteiger partial charge in [-0.15, -0.1) is 0 Å². The summed E-state index contributed by atoms with van der Waals surface area (Å²) in [5.41, 5.74) is 2.17. The number of benzene rings is 2. The molecule has 3 N–H and O–H groups in total. The molecule has 0 bridgehead atoms. The fourth-order valence-corrected chi connectivity index (χ4v) is 5.03. The van der Waals surface area contributed by atoms with Gasteiger partial charge in [0.05, 0.1) is 11.2 Å². The van der Waals surface area contributed by atoms with Gasteiger partial charge in [0, 0.05) is 36.8 Å². The normalized spacial score (nSPS) is 20.8. The molecule has 0 spiro atoms. The minimum Gasteiger partial charge on any atom is -0.353 e. The zero-order chi connectivity index (χ0) is 24.0. The number of piperidine rings is 1. The lowest BCUT2D eigenvalue weighted by Gasteiger charge is -2.37. The number of nitrogens with one attached hydrogen (secondary N) is 3. The van der Waals surface area contributed by atoms with Crippen LogP contribution in [0.2, 0.25) is 0 Å². The van der Waals surface area contributed by atoms with Gasteiger partial charge < -0.3 is 10.3 Å². The molecular weight excluding hydrogens is 447 g/mol. The van der Waals surface area contributed by atoms with Crippen LogP contribution in [0.3, 0.4) is 0 Å². The number of fused-ring (bicyclic) bond motifs is 1. The van der Waals surface area contributed by atoms with Crippen molar-refractivity contribution < 1.29 is 27.6 Å². The third-order valence-electron chi connectivity index (χ3n) is 6.61. The standard InChI is InChI=1S/C25H22F3N3O3/c26-15-3-1-13(2-4-15)24-23(18-10-16(27)11-19(28)25(18)31-24)14-8-17(9-14)29-20(32)5-12-6-21(33)30-22(34)7-12/h1-4,10-12,14,17,31H,5-9H2,(H,29,32)(H,30,33,34). The van der Waals surface area contributed by atoms with Crippen LogP contribution >= 0.6 is 0 Å². The summed E-state index contributed by atoms with van der Waals surface area (Å²) in [4.78, 5) is 38.5. The molecule has 0 atom stereocenters. The molecule has 3 aromatic rings. The number of aromatic amines is 1. The summed E-state index contributed by atoms with van der Waals surface area (Å²) in [6.07, 6.45) is 1.49. The lowest BCUT2D eigenvalue weighted by Crippen LogP contribution is -2.45. The number of imide groups is 1. The Labute approximate surface area is 192 Å². The number of hydrogen-bond acceptors (Lipinski definition) is 3. The minimum absolute atomic E-state index is 0.0673. The van der Waals surface area contributed by atoms with Crippen molar-refractivity contribution in [2.45, 2.75) is 44.1 Å². The van der Waals surface area contributed by atoms with Crippen LogP contribution in [0.5, 0.6) is 0 Å². The van der Waals surface area contributed by atoms with Crippen molar-refractivity contribution in [1.82, 2.24) is 15.6 Å². The maximum absolute atomic E-state index is 14.5. The average molecular weight is 469 g/mol. The number of aromatic nitrogens is 1. The van der Waals surface area contributed by atoms with E-state index in [1.54, 1.807) is 12.1 Å². The highest BCUT2D eigenvalue weighted by atomic mass is 19.1. The van der Waals surface area contributed by atoms with Crippen LogP contribution in [0, 0.1) is 23.4 Å². The molecular formula is C25H22F3N3O3. The van der Waals surface area contributed by atoms with Crippen LogP contribution in [0.25, 0.3) is 22.2 Å². The fourth-order valence-electron chi connectivity index (χ4n) is 5.03. The molecule has 1 aliphatic heterocycles. The van der Waals surface area contributed by atoms with Gasteiger partial charge in [0.1, 0.15) is 17.5 Å². The van der Waals surface area contributed by atoms with Crippen LogP contribution in [-0.2, 0) is 14.4 Å². The van der Waals surface area contributed by atoms with Crippen LogP contribution in [0.15, 0.2) is 36.4 Å². The van der Waals surface area contributed by atoms with E-state index in [-0.39, 0.29) is 60.4 Å². The second-order valence-corrected chi connectivity index (χ2v) is 9.11. The number of amides is 3. The van der Waals surface area contributed by atoms with Crippen molar-refractivity contribution in [3.63, 3.8) is 0 Å². The number of carbonyl (C=O) groups excluding carboxylic acids is 3. The maximum atomic E-state index is 14.5. The summed E-state index contributed by atoms with van der Waals surface area (Å²) in [6.45, 7) is 0. The van der Waals surface area contributed by atoms with Gasteiger partial charge in [-0.2, -0.15) is 0 Å². The molecule has 1 aromatic heterocycles. The molecule has 176 valence electrons. The van der Waals surface area contributed by atoms with Gasteiger partial charge in [0.2, 0.25) is 17.7 Å². The summed E-state index contributed by atoms with van der Waals surface area (Å²) >= 11 is 0. The Bertz CT molecular complexity index is 1280. The third-order valence-corrected chi connectivity index (χ3v) is 6.61. The lowest BCUT2D eigenvalue weighted by atomic mass is 9.74. The lowest BCUT2D eigenvalue weighted by molar-refractivity contribution is -0.135. The predicted molar refractivity (Wildman–Crippen MR) is 118 cm³/mol. The van der Waals surface area contributed by atoms with Crippen molar-refractivity contribution in [3.05, 3.63) is 59.4 Å². The summed E-state index contributed by atoms with van der Waals surface area (Å²) in [5, 5.41) is 5.59. The Hall–Kier alpha value is -3.62. The first-order chi connectivity index (χ1) is 16.3. The van der Waals surface area contributed by atoms with Gasteiger partial charge in [-0.3, -0.25) is 19.7 Å². The van der Waals surface area contributed by atoms with Crippen molar-refractivity contribution in [1.29, 1.82) is 0 Å². The Balaban J connectivity index is 1.33. The first-order valence-corrected chi connectivity index (χ1v) is 11.2. The number of carbonyl (C=O) groups is 3. The van der Waals surface area contributed by atoms with Crippen LogP contribution in [0.1, 0.15) is 43.6 Å². The Morgan fingerprint density at radius 3 is 2.32 bits per heavy atom. The van der Waals surface area contributed by atoms with E-state index in [4.69, 9.17) is 0 Å². The molecule has 0 unspecified atom stereocenters. The van der Waals surface area contributed by atoms with Crippen molar-refractivity contribution in [3.8, 4) is 11.3 Å². The van der Waals surface area contributed by atoms with Crippen LogP contribution in [-0.4, -0.2) is 28.7 Å². The second-order valence-electron chi connectivity index (χ2n) is 9.11. The largest absolute Gasteiger partial charge is 0.353 e. The summed E-state index contributed by atoms with van der Waals surface area (Å²) in [7, 11) is 0. The van der Waals surface area contributed by atoms with Gasteiger partial charge in [-0.1, -0.05) is 0 Å². The van der Waals surface area contributed by atoms with Crippen molar-refractivity contribution in [2.24, 2.45) is 5.92 Å². The highest BCUT2D eigenvalue weighted by Gasteiger charge is 2.36. The first-order valence-electron chi connectivity index (χ1n) is 11.2. The number of H-pyrrole nitrogens is 1. The molecule has 2 heterocycles. The zero-order valence-corrected chi connectivity index (χ0v) is 18.1. The molecule has 2 aliphatic rings. The molecule has 3 amide bonds. The van der Waals surface area contributed by atoms with Gasteiger partial charge in [0.15, 0.2) is 0 Å². The smallest absolute Gasteiger partial charge is 0.226 e. The molecule has 34 heavy (non-hydrogen) atoms. The molecule has 6 nitrogen and oxygen atoms in total. The van der Waals surface area contributed by atoms with E-state index < -0.39 is 17.5 Å². The molecule has 2 aromatic carbocycles. The van der Waals surface area contributed by atoms with Gasteiger partial charge in [0.25, 0.3) is 0 Å². The number of halogens is 3. The molecule has 1 aliphatic carbocycles. The van der Waals surface area contributed by atoms with Crippen LogP contribution < -0.4 is 10.6 Å². The third kappa shape index (κ3) is 4.30. The van der Waals surface area contributed by atoms with Gasteiger partial charge >= 0.3 is 0 Å². The first kappa shape index (κ1) is 22.2. The highest BCUT2D eigenvalue weighted by molar-refractivity contribution is 5.98. The van der Waals surface area contributed by atoms with E-state index in [1.165, 1.54) is 18.2 Å². The molecule has 9 heteroatoms. The van der Waals surface area contributed by atoms with Crippen molar-refractivity contribution >= 4 is 28.6 Å². The van der Waals surface area contributed by atoms with E-state index in [0.29, 0.717) is 29.5 Å². The number of rotatable bonds is 5. The van der Waals surface area contributed by atoms with Crippen LogP contribution in [0.4, 0.5) is 13.2 Å². The second kappa shape index (κ2) is 8.62. The predicted octanol–water partition coefficient (Wildman–Crippen LogP) is 4.06. The van der Waals surface area contributed by atoms with E-state index in [2.05, 4.69) is 15.6 Å². The quantitative estimate of drug-likeness (QED) is 0.493. The average Bonchev–Trinajstić information content (AvgIpc) is 3.09. The zero-order valence-electron chi connectivity index (χ0n) is 18.1. The summed E-state index contributed by atoms with van der Waals surface area (Å²) in [5.74, 6) is -3.15.